The Morgan fingerprint density at radius 1 is 1.14 bits per heavy atom. The normalized spacial score (nSPS) is 22.9. The Hall–Kier alpha value is -2.43. The van der Waals surface area contributed by atoms with Crippen LogP contribution in [0.15, 0.2) is 60.8 Å². The minimum Gasteiger partial charge on any atom is -0.389 e. The molecule has 150 valence electrons. The lowest BCUT2D eigenvalue weighted by Gasteiger charge is -2.40. The van der Waals surface area contributed by atoms with Crippen LogP contribution in [0.1, 0.15) is 44.1 Å². The van der Waals surface area contributed by atoms with E-state index < -0.39 is 11.5 Å². The van der Waals surface area contributed by atoms with Crippen LogP contribution in [-0.2, 0) is 4.79 Å². The minimum atomic E-state index is -0.990. The van der Waals surface area contributed by atoms with Crippen LogP contribution >= 0.6 is 11.6 Å². The number of nitrogens with zero attached hydrogens (tertiary/aromatic N) is 1. The van der Waals surface area contributed by atoms with E-state index in [1.807, 2.05) is 31.3 Å². The Labute approximate surface area is 175 Å². The van der Waals surface area contributed by atoms with Gasteiger partial charge >= 0.3 is 0 Å². The van der Waals surface area contributed by atoms with E-state index in [9.17, 15) is 9.90 Å². The first-order valence-electron chi connectivity index (χ1n) is 10.1. The van der Waals surface area contributed by atoms with E-state index in [-0.39, 0.29) is 5.91 Å². The molecule has 29 heavy (non-hydrogen) atoms. The number of aliphatic hydroxyl groups is 1. The summed E-state index contributed by atoms with van der Waals surface area (Å²) in [7, 11) is 0. The summed E-state index contributed by atoms with van der Waals surface area (Å²) in [5.74, 6) is -0.286. The average molecular weight is 409 g/mol. The zero-order valence-electron chi connectivity index (χ0n) is 16.4. The van der Waals surface area contributed by atoms with Crippen molar-refractivity contribution < 1.29 is 9.90 Å². The second-order valence-electron chi connectivity index (χ2n) is 8.01. The maximum absolute atomic E-state index is 12.7. The van der Waals surface area contributed by atoms with E-state index in [0.717, 1.165) is 18.4 Å². The largest absolute Gasteiger partial charge is 0.389 e. The fraction of sp³-hybridized carbons (Fsp3) is 0.333. The first-order valence-corrected chi connectivity index (χ1v) is 10.5. The molecule has 1 heterocycles. The Bertz CT molecular complexity index is 1010. The molecule has 0 radical (unpaired) electrons. The summed E-state index contributed by atoms with van der Waals surface area (Å²) in [5.41, 5.74) is 1.99. The maximum atomic E-state index is 12.7. The summed E-state index contributed by atoms with van der Waals surface area (Å²) in [5, 5.41) is 15.9. The first kappa shape index (κ1) is 19.9. The summed E-state index contributed by atoms with van der Waals surface area (Å²) in [6.45, 7) is 1.81. The Morgan fingerprint density at radius 2 is 1.83 bits per heavy atom. The van der Waals surface area contributed by atoms with Gasteiger partial charge < -0.3 is 10.4 Å². The number of nitrogens with one attached hydrogen (secondary N) is 1. The zero-order valence-corrected chi connectivity index (χ0v) is 17.2. The van der Waals surface area contributed by atoms with E-state index in [2.05, 4.69) is 22.4 Å². The molecule has 1 aliphatic rings. The number of hydrogen-bond acceptors (Lipinski definition) is 3. The summed E-state index contributed by atoms with van der Waals surface area (Å²) in [6, 6.07) is 17.3. The maximum Gasteiger partial charge on any atom is 0.230 e. The van der Waals surface area contributed by atoms with Crippen LogP contribution in [-0.4, -0.2) is 21.6 Å². The van der Waals surface area contributed by atoms with Gasteiger partial charge in [-0.15, -0.1) is 0 Å². The van der Waals surface area contributed by atoms with Gasteiger partial charge in [0.15, 0.2) is 0 Å². The van der Waals surface area contributed by atoms with Crippen LogP contribution in [0.2, 0.25) is 5.02 Å². The van der Waals surface area contributed by atoms with Crippen LogP contribution in [0, 0.1) is 5.92 Å². The number of amides is 1. The van der Waals surface area contributed by atoms with Crippen molar-refractivity contribution in [3.05, 3.63) is 71.4 Å². The number of pyridine rings is 1. The molecule has 2 aromatic carbocycles. The fourth-order valence-corrected chi connectivity index (χ4v) is 4.49. The second-order valence-corrected chi connectivity index (χ2v) is 8.45. The number of aromatic nitrogens is 1. The predicted molar refractivity (Wildman–Crippen MR) is 117 cm³/mol. The molecule has 1 aliphatic carbocycles. The quantitative estimate of drug-likeness (QED) is 0.594. The number of anilines is 1. The van der Waals surface area contributed by atoms with Gasteiger partial charge in [-0.3, -0.25) is 9.78 Å². The molecule has 3 aromatic rings. The molecule has 0 saturated heterocycles. The highest BCUT2D eigenvalue weighted by atomic mass is 35.5. The van der Waals surface area contributed by atoms with Gasteiger partial charge in [0.2, 0.25) is 5.91 Å². The summed E-state index contributed by atoms with van der Waals surface area (Å²) >= 11 is 5.90. The number of hydrogen-bond donors (Lipinski definition) is 2. The number of halogens is 1. The first-order chi connectivity index (χ1) is 14.0. The van der Waals surface area contributed by atoms with Gasteiger partial charge in [-0.25, -0.2) is 0 Å². The monoisotopic (exact) mass is 408 g/mol. The summed E-state index contributed by atoms with van der Waals surface area (Å²) < 4.78 is 0. The topological polar surface area (TPSA) is 62.2 Å². The minimum absolute atomic E-state index is 0.164. The van der Waals surface area contributed by atoms with Crippen molar-refractivity contribution in [2.45, 2.75) is 44.1 Å². The summed E-state index contributed by atoms with van der Waals surface area (Å²) in [4.78, 5) is 17.2. The molecule has 4 rings (SSSR count). The van der Waals surface area contributed by atoms with Gasteiger partial charge in [0.05, 0.1) is 17.0 Å². The van der Waals surface area contributed by atoms with Gasteiger partial charge in [-0.05, 0) is 73.6 Å². The van der Waals surface area contributed by atoms with Gasteiger partial charge in [0.25, 0.3) is 0 Å². The van der Waals surface area contributed by atoms with E-state index in [1.165, 1.54) is 10.9 Å². The van der Waals surface area contributed by atoms with Gasteiger partial charge in [-0.2, -0.15) is 0 Å². The number of rotatable bonds is 4. The smallest absolute Gasteiger partial charge is 0.230 e. The Balaban J connectivity index is 1.44. The molecule has 5 heteroatoms. The van der Waals surface area contributed by atoms with Gasteiger partial charge in [0.1, 0.15) is 0 Å². The zero-order chi connectivity index (χ0) is 20.4. The van der Waals surface area contributed by atoms with E-state index in [4.69, 9.17) is 11.6 Å². The Morgan fingerprint density at radius 3 is 2.55 bits per heavy atom. The molecule has 1 unspecified atom stereocenters. The molecule has 1 atom stereocenters. The van der Waals surface area contributed by atoms with Crippen molar-refractivity contribution in [2.24, 2.45) is 5.92 Å². The van der Waals surface area contributed by atoms with E-state index in [1.54, 1.807) is 24.3 Å². The van der Waals surface area contributed by atoms with Crippen molar-refractivity contribution in [3.63, 3.8) is 0 Å². The number of benzene rings is 2. The van der Waals surface area contributed by atoms with Crippen molar-refractivity contribution in [1.82, 2.24) is 4.98 Å². The lowest BCUT2D eigenvalue weighted by molar-refractivity contribution is -0.131. The molecule has 2 N–H and O–H groups in total. The number of para-hydroxylation sites is 1. The highest BCUT2D eigenvalue weighted by Gasteiger charge is 2.41. The number of carbonyl (C=O) groups excluding carboxylic acids is 1. The van der Waals surface area contributed by atoms with Crippen LogP contribution in [0.4, 0.5) is 5.69 Å². The van der Waals surface area contributed by atoms with Gasteiger partial charge in [0, 0.05) is 22.3 Å². The van der Waals surface area contributed by atoms with Crippen molar-refractivity contribution in [1.29, 1.82) is 0 Å². The van der Waals surface area contributed by atoms with E-state index in [0.29, 0.717) is 29.5 Å². The molecule has 1 saturated carbocycles. The third-order valence-electron chi connectivity index (χ3n) is 6.29. The van der Waals surface area contributed by atoms with Crippen molar-refractivity contribution in [3.8, 4) is 0 Å². The fourth-order valence-electron chi connectivity index (χ4n) is 4.36. The lowest BCUT2D eigenvalue weighted by Crippen LogP contribution is -2.45. The van der Waals surface area contributed by atoms with Crippen molar-refractivity contribution >= 4 is 34.1 Å². The highest BCUT2D eigenvalue weighted by molar-refractivity contribution is 6.30. The SMILES string of the molecule is CC(C(=O)Nc1ccc(Cl)cc1)C1(O)CCC(c2ccnc3ccccc23)CC1. The highest BCUT2D eigenvalue weighted by Crippen LogP contribution is 2.43. The predicted octanol–water partition coefficient (Wildman–Crippen LogP) is 5.55. The molecule has 0 spiro atoms. The van der Waals surface area contributed by atoms with Gasteiger partial charge in [-0.1, -0.05) is 36.7 Å². The van der Waals surface area contributed by atoms with Crippen LogP contribution in [0.25, 0.3) is 10.9 Å². The van der Waals surface area contributed by atoms with Crippen molar-refractivity contribution in [2.75, 3.05) is 5.32 Å². The number of carbonyl (C=O) groups is 1. The standard InChI is InChI=1S/C24H25ClN2O2/c1-16(23(28)27-19-8-6-18(25)7-9-19)24(29)13-10-17(11-14-24)20-12-15-26-22-5-3-2-4-21(20)22/h2-9,12,15-17,29H,10-11,13-14H2,1H3,(H,27,28). The van der Waals surface area contributed by atoms with Crippen LogP contribution in [0.3, 0.4) is 0 Å². The molecule has 1 aromatic heterocycles. The third kappa shape index (κ3) is 4.14. The molecule has 0 bridgehead atoms. The molecular formula is C24H25ClN2O2. The molecule has 1 fully saturated rings. The molecular weight excluding hydrogens is 384 g/mol. The average Bonchev–Trinajstić information content (AvgIpc) is 2.75. The Kier molecular flexibility index (Phi) is 5.57. The van der Waals surface area contributed by atoms with Crippen LogP contribution < -0.4 is 5.32 Å². The summed E-state index contributed by atoms with van der Waals surface area (Å²) in [6.07, 6.45) is 4.76. The third-order valence-corrected chi connectivity index (χ3v) is 6.54. The molecule has 1 amide bonds. The van der Waals surface area contributed by atoms with E-state index >= 15 is 0 Å². The molecule has 0 aliphatic heterocycles. The van der Waals surface area contributed by atoms with Crippen LogP contribution in [0.5, 0.6) is 0 Å². The second kappa shape index (κ2) is 8.13. The number of fused-ring (bicyclic) bond motifs is 1. The lowest BCUT2D eigenvalue weighted by atomic mass is 9.70. The molecule has 4 nitrogen and oxygen atoms in total.